The van der Waals surface area contributed by atoms with Gasteiger partial charge in [0.25, 0.3) is 0 Å². The summed E-state index contributed by atoms with van der Waals surface area (Å²) >= 11 is 5.37. The quantitative estimate of drug-likeness (QED) is 0.410. The van der Waals surface area contributed by atoms with Crippen molar-refractivity contribution >= 4 is 18.4 Å². The van der Waals surface area contributed by atoms with Crippen LogP contribution in [-0.2, 0) is 0 Å². The van der Waals surface area contributed by atoms with Gasteiger partial charge in [0.05, 0.1) is 23.3 Å². The summed E-state index contributed by atoms with van der Waals surface area (Å²) in [6.07, 6.45) is 1.79. The summed E-state index contributed by atoms with van der Waals surface area (Å²) < 4.78 is 4.00. The molecule has 6 nitrogen and oxygen atoms in total. The van der Waals surface area contributed by atoms with Gasteiger partial charge in [0.1, 0.15) is 0 Å². The van der Waals surface area contributed by atoms with E-state index < -0.39 is 0 Å². The van der Waals surface area contributed by atoms with Gasteiger partial charge < -0.3 is 0 Å². The summed E-state index contributed by atoms with van der Waals surface area (Å²) in [5.74, 6) is 0.673. The van der Waals surface area contributed by atoms with Crippen LogP contribution in [0.2, 0.25) is 0 Å². The molecule has 4 aromatic rings. The highest BCUT2D eigenvalue weighted by Crippen LogP contribution is 2.19. The first kappa shape index (κ1) is 18.1. The number of rotatable bonds is 4. The summed E-state index contributed by atoms with van der Waals surface area (Å²) in [7, 11) is 0. The van der Waals surface area contributed by atoms with Gasteiger partial charge in [-0.1, -0.05) is 48.0 Å². The number of aromatic amines is 1. The smallest absolute Gasteiger partial charge is 0.216 e. The minimum atomic E-state index is 0.442. The Morgan fingerprint density at radius 2 is 1.71 bits per heavy atom. The van der Waals surface area contributed by atoms with Crippen molar-refractivity contribution in [2.45, 2.75) is 20.8 Å². The fourth-order valence-corrected chi connectivity index (χ4v) is 3.25. The zero-order valence-corrected chi connectivity index (χ0v) is 16.7. The fourth-order valence-electron chi connectivity index (χ4n) is 3.07. The van der Waals surface area contributed by atoms with E-state index in [1.54, 1.807) is 10.9 Å². The van der Waals surface area contributed by atoms with E-state index in [2.05, 4.69) is 27.3 Å². The molecule has 2 aromatic carbocycles. The van der Waals surface area contributed by atoms with Crippen molar-refractivity contribution in [3.8, 4) is 17.1 Å². The van der Waals surface area contributed by atoms with Crippen LogP contribution in [0.1, 0.15) is 22.5 Å². The van der Waals surface area contributed by atoms with Crippen molar-refractivity contribution in [1.82, 2.24) is 24.7 Å². The Kier molecular flexibility index (Phi) is 4.75. The molecule has 0 radical (unpaired) electrons. The van der Waals surface area contributed by atoms with Crippen LogP contribution in [0.15, 0.2) is 59.7 Å². The van der Waals surface area contributed by atoms with E-state index in [0.717, 1.165) is 28.2 Å². The fraction of sp³-hybridized carbons (Fsp3) is 0.143. The van der Waals surface area contributed by atoms with Gasteiger partial charge in [-0.15, -0.1) is 0 Å². The maximum Gasteiger partial charge on any atom is 0.216 e. The average molecular weight is 389 g/mol. The van der Waals surface area contributed by atoms with Crippen molar-refractivity contribution in [3.05, 3.63) is 81.9 Å². The van der Waals surface area contributed by atoms with Crippen LogP contribution in [0, 0.1) is 25.5 Å². The van der Waals surface area contributed by atoms with Crippen molar-refractivity contribution < 1.29 is 0 Å². The minimum Gasteiger partial charge on any atom is -0.250 e. The number of nitrogens with one attached hydrogen (secondary N) is 1. The highest BCUT2D eigenvalue weighted by Gasteiger charge is 2.12. The average Bonchev–Trinajstić information content (AvgIpc) is 3.21. The van der Waals surface area contributed by atoms with E-state index >= 15 is 0 Å². The lowest BCUT2D eigenvalue weighted by atomic mass is 10.1. The second kappa shape index (κ2) is 7.36. The first-order valence-electron chi connectivity index (χ1n) is 8.95. The topological polar surface area (TPSA) is 63.8 Å². The van der Waals surface area contributed by atoms with Crippen LogP contribution in [0.5, 0.6) is 0 Å². The second-order valence-corrected chi connectivity index (χ2v) is 6.99. The second-order valence-electron chi connectivity index (χ2n) is 6.61. The van der Waals surface area contributed by atoms with Crippen molar-refractivity contribution in [3.63, 3.8) is 0 Å². The molecule has 2 heterocycles. The molecular formula is C21H20N6S. The lowest BCUT2D eigenvalue weighted by molar-refractivity contribution is 0.833. The molecule has 0 aliphatic heterocycles. The van der Waals surface area contributed by atoms with Gasteiger partial charge in [-0.05, 0) is 45.1 Å². The summed E-state index contributed by atoms with van der Waals surface area (Å²) in [5, 5.41) is 16.4. The number of hydrogen-bond acceptors (Lipinski definition) is 4. The number of para-hydroxylation sites is 1. The predicted molar refractivity (Wildman–Crippen MR) is 114 cm³/mol. The molecule has 0 aliphatic carbocycles. The largest absolute Gasteiger partial charge is 0.250 e. The van der Waals surface area contributed by atoms with Crippen LogP contribution in [0.4, 0.5) is 0 Å². The highest BCUT2D eigenvalue weighted by atomic mass is 32.1. The van der Waals surface area contributed by atoms with Gasteiger partial charge in [-0.3, -0.25) is 0 Å². The Morgan fingerprint density at radius 1 is 1.00 bits per heavy atom. The van der Waals surface area contributed by atoms with Crippen molar-refractivity contribution in [2.24, 2.45) is 5.10 Å². The molecule has 2 aromatic heterocycles. The minimum absolute atomic E-state index is 0.442. The van der Waals surface area contributed by atoms with Gasteiger partial charge in [0.2, 0.25) is 4.77 Å². The SMILES string of the molecule is Cc1ccc(-c2n[nH]c(=S)n2N=Cc2c(C)nn(-c3ccccc3)c2C)cc1. The molecule has 0 saturated carbocycles. The normalized spacial score (nSPS) is 11.4. The third-order valence-electron chi connectivity index (χ3n) is 4.61. The zero-order chi connectivity index (χ0) is 19.7. The zero-order valence-electron chi connectivity index (χ0n) is 15.9. The van der Waals surface area contributed by atoms with Gasteiger partial charge in [-0.25, -0.2) is 9.78 Å². The number of hydrogen-bond donors (Lipinski definition) is 1. The molecule has 0 unspecified atom stereocenters. The van der Waals surface area contributed by atoms with Crippen LogP contribution < -0.4 is 0 Å². The summed E-state index contributed by atoms with van der Waals surface area (Å²) in [6.45, 7) is 6.06. The number of aromatic nitrogens is 5. The Bertz CT molecular complexity index is 1200. The molecule has 0 spiro atoms. The van der Waals surface area contributed by atoms with Gasteiger partial charge in [-0.2, -0.15) is 20.0 Å². The van der Waals surface area contributed by atoms with Gasteiger partial charge in [0.15, 0.2) is 5.82 Å². The van der Waals surface area contributed by atoms with Crippen LogP contribution in [0.3, 0.4) is 0 Å². The van der Waals surface area contributed by atoms with Crippen LogP contribution in [0.25, 0.3) is 17.1 Å². The van der Waals surface area contributed by atoms with E-state index in [0.29, 0.717) is 10.6 Å². The molecule has 4 rings (SSSR count). The molecule has 0 fully saturated rings. The molecule has 0 bridgehead atoms. The lowest BCUT2D eigenvalue weighted by Crippen LogP contribution is -1.99. The molecule has 0 aliphatic rings. The van der Waals surface area contributed by atoms with Gasteiger partial charge in [0, 0.05) is 11.1 Å². The standard InChI is InChI=1S/C21H20N6S/c1-14-9-11-17(12-10-14)20-23-24-21(28)27(20)22-13-19-15(2)25-26(16(19)3)18-7-5-4-6-8-18/h4-13H,1-3H3,(H,24,28). The molecule has 28 heavy (non-hydrogen) atoms. The first-order chi connectivity index (χ1) is 13.5. The molecule has 140 valence electrons. The summed E-state index contributed by atoms with van der Waals surface area (Å²) in [5.41, 5.74) is 6.03. The highest BCUT2D eigenvalue weighted by molar-refractivity contribution is 7.71. The Balaban J connectivity index is 1.73. The molecule has 7 heteroatoms. The monoisotopic (exact) mass is 388 g/mol. The van der Waals surface area contributed by atoms with Crippen LogP contribution >= 0.6 is 12.2 Å². The van der Waals surface area contributed by atoms with E-state index in [1.807, 2.05) is 73.1 Å². The van der Waals surface area contributed by atoms with Gasteiger partial charge >= 0.3 is 0 Å². The maximum atomic E-state index is 5.37. The van der Waals surface area contributed by atoms with Crippen LogP contribution in [-0.4, -0.2) is 30.9 Å². The van der Waals surface area contributed by atoms with E-state index in [9.17, 15) is 0 Å². The molecule has 1 N–H and O–H groups in total. The lowest BCUT2D eigenvalue weighted by Gasteiger charge is -2.04. The number of aryl methyl sites for hydroxylation is 2. The predicted octanol–water partition coefficient (Wildman–Crippen LogP) is 4.60. The van der Waals surface area contributed by atoms with E-state index in [1.165, 1.54) is 5.56 Å². The summed E-state index contributed by atoms with van der Waals surface area (Å²) in [6, 6.07) is 18.1. The Labute approximate surface area is 168 Å². The third kappa shape index (κ3) is 3.32. The van der Waals surface area contributed by atoms with Crippen molar-refractivity contribution in [1.29, 1.82) is 0 Å². The number of H-pyrrole nitrogens is 1. The van der Waals surface area contributed by atoms with E-state index in [4.69, 9.17) is 12.2 Å². The summed E-state index contributed by atoms with van der Waals surface area (Å²) in [4.78, 5) is 0. The Morgan fingerprint density at radius 3 is 2.43 bits per heavy atom. The van der Waals surface area contributed by atoms with Crippen molar-refractivity contribution in [2.75, 3.05) is 0 Å². The molecule has 0 saturated heterocycles. The molecule has 0 amide bonds. The number of benzene rings is 2. The first-order valence-corrected chi connectivity index (χ1v) is 9.36. The third-order valence-corrected chi connectivity index (χ3v) is 4.87. The van der Waals surface area contributed by atoms with E-state index in [-0.39, 0.29) is 0 Å². The molecule has 0 atom stereocenters. The number of nitrogens with zero attached hydrogens (tertiary/aromatic N) is 5. The molecular weight excluding hydrogens is 368 g/mol. The maximum absolute atomic E-state index is 5.37. The Hall–Kier alpha value is -3.32.